The number of aromatic nitrogens is 2. The zero-order chi connectivity index (χ0) is 17.6. The Labute approximate surface area is 163 Å². The SMILES string of the molecule is O=C1CCCn2nc(-c3cccc(-c4cccc(Br)c4Cl)c3Cl)cc21. The smallest absolute Gasteiger partial charge is 0.180 e. The van der Waals surface area contributed by atoms with Crippen molar-refractivity contribution >= 4 is 44.9 Å². The molecule has 0 aliphatic carbocycles. The van der Waals surface area contributed by atoms with E-state index in [9.17, 15) is 4.79 Å². The second-order valence-electron chi connectivity index (χ2n) is 5.93. The molecule has 1 aliphatic heterocycles. The van der Waals surface area contributed by atoms with Gasteiger partial charge in [0.15, 0.2) is 5.78 Å². The van der Waals surface area contributed by atoms with Gasteiger partial charge in [0.1, 0.15) is 5.69 Å². The lowest BCUT2D eigenvalue weighted by atomic mass is 10.0. The van der Waals surface area contributed by atoms with Gasteiger partial charge in [0.05, 0.1) is 15.7 Å². The summed E-state index contributed by atoms with van der Waals surface area (Å²) in [5.41, 5.74) is 3.85. The summed E-state index contributed by atoms with van der Waals surface area (Å²) in [7, 11) is 0. The molecule has 1 aliphatic rings. The van der Waals surface area contributed by atoms with Crippen LogP contribution in [0.2, 0.25) is 10.0 Å². The maximum atomic E-state index is 12.1. The van der Waals surface area contributed by atoms with Gasteiger partial charge in [0.2, 0.25) is 0 Å². The molecule has 0 unspecified atom stereocenters. The van der Waals surface area contributed by atoms with Gasteiger partial charge in [0, 0.05) is 34.1 Å². The molecule has 0 radical (unpaired) electrons. The largest absolute Gasteiger partial charge is 0.292 e. The fourth-order valence-corrected chi connectivity index (χ4v) is 4.03. The maximum absolute atomic E-state index is 12.1. The Hall–Kier alpha value is -1.62. The minimum Gasteiger partial charge on any atom is -0.292 e. The van der Waals surface area contributed by atoms with Crippen molar-refractivity contribution in [2.45, 2.75) is 19.4 Å². The summed E-state index contributed by atoms with van der Waals surface area (Å²) in [6.07, 6.45) is 1.40. The Morgan fingerprint density at radius 2 is 1.68 bits per heavy atom. The minimum atomic E-state index is 0.132. The summed E-state index contributed by atoms with van der Waals surface area (Å²) in [5.74, 6) is 0.132. The molecule has 1 aromatic heterocycles. The number of Topliss-reactive ketones (excluding diaryl/α,β-unsaturated/α-hetero) is 1. The molecule has 0 amide bonds. The van der Waals surface area contributed by atoms with Crippen LogP contribution in [0.1, 0.15) is 23.3 Å². The molecule has 4 rings (SSSR count). The Morgan fingerprint density at radius 1 is 1.00 bits per heavy atom. The predicted octanol–water partition coefficient (Wildman–Crippen LogP) is 6.26. The molecule has 0 bridgehead atoms. The average Bonchev–Trinajstić information content (AvgIpc) is 3.03. The van der Waals surface area contributed by atoms with Crippen LogP contribution >= 0.6 is 39.1 Å². The number of rotatable bonds is 2. The first-order valence-electron chi connectivity index (χ1n) is 7.90. The first-order valence-corrected chi connectivity index (χ1v) is 9.45. The van der Waals surface area contributed by atoms with Crippen molar-refractivity contribution in [2.24, 2.45) is 0 Å². The van der Waals surface area contributed by atoms with Crippen LogP contribution in [0.5, 0.6) is 0 Å². The Morgan fingerprint density at radius 3 is 2.44 bits per heavy atom. The van der Waals surface area contributed by atoms with E-state index >= 15 is 0 Å². The summed E-state index contributed by atoms with van der Waals surface area (Å²) in [6, 6.07) is 13.3. The van der Waals surface area contributed by atoms with Crippen molar-refractivity contribution in [1.29, 1.82) is 0 Å². The topological polar surface area (TPSA) is 34.9 Å². The van der Waals surface area contributed by atoms with Crippen molar-refractivity contribution in [3.8, 4) is 22.4 Å². The highest BCUT2D eigenvalue weighted by molar-refractivity contribution is 9.10. The lowest BCUT2D eigenvalue weighted by Gasteiger charge is -2.11. The molecule has 2 heterocycles. The number of halogens is 3. The molecule has 3 aromatic rings. The Bertz CT molecular complexity index is 997. The summed E-state index contributed by atoms with van der Waals surface area (Å²) >= 11 is 16.6. The highest BCUT2D eigenvalue weighted by Gasteiger charge is 2.22. The standard InChI is InChI=1S/C19H13BrCl2N2O/c20-14-7-2-5-12(19(14)22)11-4-1-6-13(18(11)21)15-10-16-17(25)8-3-9-24(16)23-15/h1-2,4-7,10H,3,8-9H2. The number of fused-ring (bicyclic) bond motifs is 1. The monoisotopic (exact) mass is 434 g/mol. The number of carbonyl (C=O) groups excluding carboxylic acids is 1. The van der Waals surface area contributed by atoms with E-state index in [-0.39, 0.29) is 5.78 Å². The van der Waals surface area contributed by atoms with Crippen molar-refractivity contribution in [3.05, 3.63) is 62.7 Å². The fraction of sp³-hybridized carbons (Fsp3) is 0.158. The summed E-state index contributed by atoms with van der Waals surface area (Å²) in [6.45, 7) is 0.760. The highest BCUT2D eigenvalue weighted by Crippen LogP contribution is 2.41. The highest BCUT2D eigenvalue weighted by atomic mass is 79.9. The molecule has 0 fully saturated rings. The van der Waals surface area contributed by atoms with Crippen LogP contribution in [0.25, 0.3) is 22.4 Å². The van der Waals surface area contributed by atoms with Gasteiger partial charge in [-0.25, -0.2) is 0 Å². The second kappa shape index (κ2) is 6.60. The van der Waals surface area contributed by atoms with Gasteiger partial charge in [-0.3, -0.25) is 9.48 Å². The summed E-state index contributed by atoms with van der Waals surface area (Å²) in [5, 5.41) is 5.76. The van der Waals surface area contributed by atoms with Gasteiger partial charge in [-0.2, -0.15) is 5.10 Å². The third-order valence-corrected chi connectivity index (χ3v) is 6.06. The molecule has 25 heavy (non-hydrogen) atoms. The molecule has 0 N–H and O–H groups in total. The molecule has 3 nitrogen and oxygen atoms in total. The van der Waals surface area contributed by atoms with E-state index in [1.807, 2.05) is 42.5 Å². The zero-order valence-corrected chi connectivity index (χ0v) is 16.2. The third kappa shape index (κ3) is 2.92. The molecule has 126 valence electrons. The first-order chi connectivity index (χ1) is 12.1. The maximum Gasteiger partial charge on any atom is 0.180 e. The number of benzene rings is 2. The van der Waals surface area contributed by atoms with E-state index in [1.165, 1.54) is 0 Å². The van der Waals surface area contributed by atoms with E-state index in [0.717, 1.165) is 34.1 Å². The van der Waals surface area contributed by atoms with Gasteiger partial charge in [0.25, 0.3) is 0 Å². The van der Waals surface area contributed by atoms with Crippen molar-refractivity contribution < 1.29 is 4.79 Å². The third-order valence-electron chi connectivity index (χ3n) is 4.36. The molecule has 0 saturated carbocycles. The van der Waals surface area contributed by atoms with Gasteiger partial charge >= 0.3 is 0 Å². The van der Waals surface area contributed by atoms with Gasteiger partial charge in [-0.15, -0.1) is 0 Å². The number of hydrogen-bond donors (Lipinski definition) is 0. The number of aryl methyl sites for hydroxylation is 1. The first kappa shape index (κ1) is 16.8. The molecule has 2 aromatic carbocycles. The number of ketones is 1. The van der Waals surface area contributed by atoms with Gasteiger partial charge in [-0.05, 0) is 34.5 Å². The minimum absolute atomic E-state index is 0.132. The van der Waals surface area contributed by atoms with E-state index in [1.54, 1.807) is 4.68 Å². The van der Waals surface area contributed by atoms with Crippen molar-refractivity contribution in [1.82, 2.24) is 9.78 Å². The van der Waals surface area contributed by atoms with Gasteiger partial charge in [-0.1, -0.05) is 53.5 Å². The van der Waals surface area contributed by atoms with Crippen LogP contribution in [0.3, 0.4) is 0 Å². The van der Waals surface area contributed by atoms with Crippen LogP contribution < -0.4 is 0 Å². The number of nitrogens with zero attached hydrogens (tertiary/aromatic N) is 2. The van der Waals surface area contributed by atoms with Crippen LogP contribution in [-0.4, -0.2) is 15.6 Å². The second-order valence-corrected chi connectivity index (χ2v) is 7.54. The molecule has 6 heteroatoms. The normalized spacial score (nSPS) is 13.8. The molecule has 0 saturated heterocycles. The predicted molar refractivity (Wildman–Crippen MR) is 104 cm³/mol. The zero-order valence-electron chi connectivity index (χ0n) is 13.1. The van der Waals surface area contributed by atoms with E-state index in [4.69, 9.17) is 23.2 Å². The summed E-state index contributed by atoms with van der Waals surface area (Å²) < 4.78 is 2.59. The molecular weight excluding hydrogens is 423 g/mol. The van der Waals surface area contributed by atoms with Crippen molar-refractivity contribution in [3.63, 3.8) is 0 Å². The van der Waals surface area contributed by atoms with Crippen LogP contribution in [0, 0.1) is 0 Å². The summed E-state index contributed by atoms with van der Waals surface area (Å²) in [4.78, 5) is 12.1. The average molecular weight is 436 g/mol. The quantitative estimate of drug-likeness (QED) is 0.475. The lowest BCUT2D eigenvalue weighted by Crippen LogP contribution is -2.16. The number of hydrogen-bond acceptors (Lipinski definition) is 2. The Balaban J connectivity index is 1.85. The van der Waals surface area contributed by atoms with Crippen LogP contribution in [0.15, 0.2) is 46.9 Å². The molecular formula is C19H13BrCl2N2O. The fourth-order valence-electron chi connectivity index (χ4n) is 3.11. The lowest BCUT2D eigenvalue weighted by molar-refractivity contribution is 0.0951. The molecule has 0 atom stereocenters. The van der Waals surface area contributed by atoms with E-state index in [0.29, 0.717) is 27.9 Å². The number of carbonyl (C=O) groups is 1. The Kier molecular flexibility index (Phi) is 4.44. The molecule has 0 spiro atoms. The van der Waals surface area contributed by atoms with Crippen molar-refractivity contribution in [2.75, 3.05) is 0 Å². The van der Waals surface area contributed by atoms with E-state index in [2.05, 4.69) is 21.0 Å². The van der Waals surface area contributed by atoms with Crippen LogP contribution in [0.4, 0.5) is 0 Å². The van der Waals surface area contributed by atoms with Gasteiger partial charge < -0.3 is 0 Å². The van der Waals surface area contributed by atoms with E-state index < -0.39 is 0 Å². The van der Waals surface area contributed by atoms with Crippen LogP contribution in [-0.2, 0) is 6.54 Å².